The lowest BCUT2D eigenvalue weighted by Gasteiger charge is -2.09. The number of carbonyl (C=O) groups is 1. The molecular weight excluding hydrogens is 266 g/mol. The Morgan fingerprint density at radius 1 is 1.67 bits per heavy atom. The number of nitrogens with one attached hydrogen (secondary N) is 2. The van der Waals surface area contributed by atoms with Crippen molar-refractivity contribution in [2.24, 2.45) is 0 Å². The molecular formula is C16H21N3O2. The van der Waals surface area contributed by atoms with Crippen LogP contribution in [0.2, 0.25) is 0 Å². The summed E-state index contributed by atoms with van der Waals surface area (Å²) in [5.41, 5.74) is -1.09. The summed E-state index contributed by atoms with van der Waals surface area (Å²) in [5.74, 6) is 0. The molecule has 5 heteroatoms. The summed E-state index contributed by atoms with van der Waals surface area (Å²) in [6.07, 6.45) is -5.36. The number of likely N-dealkylation sites (N-methyl/N-ethyl adjacent to an activating group) is 1. The number of carbonyl (C=O) groups excluding carboxylic acids is 1. The van der Waals surface area contributed by atoms with Crippen LogP contribution < -0.4 is 5.32 Å². The van der Waals surface area contributed by atoms with Crippen molar-refractivity contribution in [2.75, 3.05) is 27.1 Å². The molecule has 112 valence electrons. The van der Waals surface area contributed by atoms with E-state index in [1.165, 1.54) is 7.05 Å². The van der Waals surface area contributed by atoms with Gasteiger partial charge in [0.25, 0.3) is 0 Å². The summed E-state index contributed by atoms with van der Waals surface area (Å²) in [4.78, 5) is 14.9. The Hall–Kier alpha value is -2.01. The van der Waals surface area contributed by atoms with E-state index in [4.69, 9.17) is 16.4 Å². The molecule has 1 atom stereocenters. The minimum Gasteiger partial charge on any atom is -0.447 e. The van der Waals surface area contributed by atoms with Crippen molar-refractivity contribution in [3.63, 3.8) is 0 Å². The minimum atomic E-state index is -2.90. The molecule has 1 fully saturated rings. The molecule has 1 aromatic heterocycles. The van der Waals surface area contributed by atoms with Crippen molar-refractivity contribution in [1.29, 1.82) is 0 Å². The molecule has 1 aromatic carbocycles. The molecule has 2 heterocycles. The first-order valence-electron chi connectivity index (χ1n) is 12.1. The smallest absolute Gasteiger partial charge is 0.407 e. The average Bonchev–Trinajstić information content (AvgIpc) is 3.20. The molecule has 5 nitrogen and oxygen atoms in total. The lowest BCUT2D eigenvalue weighted by molar-refractivity contribution is 0.177. The minimum absolute atomic E-state index is 0.130. The number of rotatable bonds is 5. The van der Waals surface area contributed by atoms with Crippen LogP contribution in [0.1, 0.15) is 27.6 Å². The number of hydrogen-bond donors (Lipinski definition) is 2. The van der Waals surface area contributed by atoms with Gasteiger partial charge in [-0.2, -0.15) is 0 Å². The SMILES string of the molecule is [2H]c1c(C([2H])([2H])[C@@H]2NC(=O)OC2([2H])[2H])c([2H])c2c(C([2H])([2H])CN(C)C([2H])([2H])[2H])c[nH]c2c1[2H]. The van der Waals surface area contributed by atoms with Gasteiger partial charge in [0.2, 0.25) is 0 Å². The molecule has 0 spiro atoms. The van der Waals surface area contributed by atoms with E-state index in [1.54, 1.807) is 0 Å². The molecule has 1 amide bonds. The lowest BCUT2D eigenvalue weighted by Crippen LogP contribution is -2.28. The fraction of sp³-hybridized carbons (Fsp3) is 0.438. The van der Waals surface area contributed by atoms with Crippen LogP contribution in [0.15, 0.2) is 24.3 Å². The molecule has 3 rings (SSSR count). The number of alkyl carbamates (subject to hydrolysis) is 1. The molecule has 21 heavy (non-hydrogen) atoms. The second kappa shape index (κ2) is 5.77. The predicted octanol–water partition coefficient (Wildman–Crippen LogP) is 1.92. The highest BCUT2D eigenvalue weighted by Crippen LogP contribution is 2.21. The summed E-state index contributed by atoms with van der Waals surface area (Å²) in [6.45, 7) is -6.05. The first-order chi connectivity index (χ1) is 14.8. The monoisotopic (exact) mass is 299 g/mol. The number of ether oxygens (including phenoxy) is 1. The predicted molar refractivity (Wildman–Crippen MR) is 82.5 cm³/mol. The van der Waals surface area contributed by atoms with Gasteiger partial charge in [0.15, 0.2) is 0 Å². The van der Waals surface area contributed by atoms with Gasteiger partial charge in [0.1, 0.15) is 6.56 Å². The number of H-pyrrole nitrogens is 1. The first-order valence-corrected chi connectivity index (χ1v) is 6.15. The number of aromatic amines is 1. The maximum Gasteiger partial charge on any atom is 0.407 e. The summed E-state index contributed by atoms with van der Waals surface area (Å²) < 4.78 is 101. The van der Waals surface area contributed by atoms with Crippen LogP contribution in [0, 0.1) is 0 Å². The molecule has 2 N–H and O–H groups in total. The molecule has 0 aliphatic carbocycles. The summed E-state index contributed by atoms with van der Waals surface area (Å²) >= 11 is 0. The van der Waals surface area contributed by atoms with Gasteiger partial charge in [-0.05, 0) is 50.0 Å². The quantitative estimate of drug-likeness (QED) is 0.887. The third kappa shape index (κ3) is 3.19. The number of benzene rings is 1. The Morgan fingerprint density at radius 2 is 2.57 bits per heavy atom. The van der Waals surface area contributed by atoms with Crippen LogP contribution in [0.3, 0.4) is 0 Å². The topological polar surface area (TPSA) is 57.4 Å². The van der Waals surface area contributed by atoms with E-state index in [0.29, 0.717) is 0 Å². The summed E-state index contributed by atoms with van der Waals surface area (Å²) in [5, 5.41) is 1.75. The van der Waals surface area contributed by atoms with Gasteiger partial charge in [0.05, 0.1) is 12.9 Å². The van der Waals surface area contributed by atoms with Crippen molar-refractivity contribution >= 4 is 17.0 Å². The maximum absolute atomic E-state index is 11.5. The Labute approximate surface area is 141 Å². The van der Waals surface area contributed by atoms with E-state index < -0.39 is 68.7 Å². The van der Waals surface area contributed by atoms with Crippen molar-refractivity contribution in [1.82, 2.24) is 15.2 Å². The number of aromatic nitrogens is 1. The van der Waals surface area contributed by atoms with Gasteiger partial charge >= 0.3 is 6.09 Å². The maximum atomic E-state index is 11.5. The lowest BCUT2D eigenvalue weighted by atomic mass is 10.0. The number of hydrogen-bond acceptors (Lipinski definition) is 3. The van der Waals surface area contributed by atoms with Crippen LogP contribution in [-0.4, -0.2) is 49.1 Å². The van der Waals surface area contributed by atoms with Crippen LogP contribution in [0.5, 0.6) is 0 Å². The van der Waals surface area contributed by atoms with Gasteiger partial charge in [-0.1, -0.05) is 6.04 Å². The Kier molecular flexibility index (Phi) is 1.55. The Morgan fingerprint density at radius 3 is 3.33 bits per heavy atom. The van der Waals surface area contributed by atoms with E-state index >= 15 is 0 Å². The van der Waals surface area contributed by atoms with Crippen LogP contribution >= 0.6 is 0 Å². The molecule has 1 aliphatic heterocycles. The molecule has 2 aromatic rings. The second-order valence-electron chi connectivity index (χ2n) is 4.46. The third-order valence-electron chi connectivity index (χ3n) is 2.77. The van der Waals surface area contributed by atoms with Crippen LogP contribution in [0.25, 0.3) is 10.9 Å². The molecule has 1 aliphatic rings. The van der Waals surface area contributed by atoms with E-state index in [9.17, 15) is 4.79 Å². The van der Waals surface area contributed by atoms with Crippen molar-refractivity contribution < 1.29 is 26.0 Å². The van der Waals surface area contributed by atoms with Gasteiger partial charge in [-0.25, -0.2) is 4.79 Å². The van der Waals surface area contributed by atoms with Crippen LogP contribution in [-0.2, 0) is 17.5 Å². The van der Waals surface area contributed by atoms with E-state index in [0.717, 1.165) is 11.1 Å². The van der Waals surface area contributed by atoms with Crippen molar-refractivity contribution in [3.05, 3.63) is 35.5 Å². The van der Waals surface area contributed by atoms with E-state index in [1.807, 2.05) is 5.32 Å². The van der Waals surface area contributed by atoms with Crippen LogP contribution in [0.4, 0.5) is 4.79 Å². The fourth-order valence-electron chi connectivity index (χ4n) is 1.85. The number of cyclic esters (lactones) is 1. The highest BCUT2D eigenvalue weighted by atomic mass is 16.6. The van der Waals surface area contributed by atoms with E-state index in [-0.39, 0.29) is 16.5 Å². The molecule has 0 radical (unpaired) electrons. The Bertz CT molecular complexity index is 1110. The van der Waals surface area contributed by atoms with Crippen molar-refractivity contribution in [3.8, 4) is 0 Å². The average molecular weight is 299 g/mol. The zero-order valence-electron chi connectivity index (χ0n) is 23.1. The zero-order valence-corrected chi connectivity index (χ0v) is 11.1. The normalized spacial score (nSPS) is 31.0. The number of fused-ring (bicyclic) bond motifs is 1. The molecule has 0 unspecified atom stereocenters. The highest BCUT2D eigenvalue weighted by Gasteiger charge is 2.22. The fourth-order valence-corrected chi connectivity index (χ4v) is 1.85. The Balaban J connectivity index is 2.23. The second-order valence-corrected chi connectivity index (χ2v) is 4.46. The van der Waals surface area contributed by atoms with Gasteiger partial charge in [0, 0.05) is 33.2 Å². The largest absolute Gasteiger partial charge is 0.447 e. The molecule has 0 bridgehead atoms. The van der Waals surface area contributed by atoms with Gasteiger partial charge < -0.3 is 19.9 Å². The summed E-state index contributed by atoms with van der Waals surface area (Å²) in [6, 6.07) is -3.96. The van der Waals surface area contributed by atoms with E-state index in [2.05, 4.69) is 9.72 Å². The third-order valence-corrected chi connectivity index (χ3v) is 2.77. The molecule has 0 saturated carbocycles. The zero-order chi connectivity index (χ0) is 25.3. The number of nitrogens with zero attached hydrogens (tertiary/aromatic N) is 1. The standard InChI is InChI=1S/C16H21N3O2/c1-19(2)6-5-12-9-17-15-4-3-11(8-14(12)15)7-13-10-21-16(20)18-13/h3-4,8-9,13,17H,5-7,10H2,1-2H3,(H,18,20)/t13-/m0/s1/i1D3,3D,4D,5D2,7D2,8D,10D2. The first kappa shape index (κ1) is 5.65. The van der Waals surface area contributed by atoms with Crippen molar-refractivity contribution in [2.45, 2.75) is 18.8 Å². The molecule has 1 saturated heterocycles. The van der Waals surface area contributed by atoms with Gasteiger partial charge in [-0.15, -0.1) is 0 Å². The highest BCUT2D eigenvalue weighted by molar-refractivity contribution is 5.84. The summed E-state index contributed by atoms with van der Waals surface area (Å²) in [7, 11) is 1.19. The number of amides is 1. The van der Waals surface area contributed by atoms with Gasteiger partial charge in [-0.3, -0.25) is 0 Å².